The van der Waals surface area contributed by atoms with Gasteiger partial charge in [0.2, 0.25) is 5.91 Å². The first-order valence-corrected chi connectivity index (χ1v) is 11.6. The van der Waals surface area contributed by atoms with Crippen LogP contribution in [-0.2, 0) is 11.2 Å². The molecule has 0 aliphatic carbocycles. The molecule has 5 atom stereocenters. The van der Waals surface area contributed by atoms with E-state index in [1.54, 1.807) is 41.7 Å². The Hall–Kier alpha value is -2.30. The van der Waals surface area contributed by atoms with E-state index in [0.29, 0.717) is 22.6 Å². The number of thiophene rings is 1. The van der Waals surface area contributed by atoms with Crippen molar-refractivity contribution in [1.82, 2.24) is 0 Å². The molecule has 1 aliphatic heterocycles. The van der Waals surface area contributed by atoms with Crippen LogP contribution in [0.5, 0.6) is 0 Å². The number of hydrogen-bond donors (Lipinski definition) is 5. The largest absolute Gasteiger partial charge is 0.394 e. The Bertz CT molecular complexity index is 1130. The summed E-state index contributed by atoms with van der Waals surface area (Å²) < 4.78 is 5.67. The molecule has 3 aromatic rings. The van der Waals surface area contributed by atoms with Crippen LogP contribution in [0.1, 0.15) is 32.5 Å². The number of halogens is 1. The minimum absolute atomic E-state index is 0.451. The molecule has 7 nitrogen and oxygen atoms in total. The number of amides is 1. The monoisotopic (exact) mass is 489 g/mol. The van der Waals surface area contributed by atoms with E-state index in [2.05, 4.69) is 0 Å². The summed E-state index contributed by atoms with van der Waals surface area (Å²) in [6.07, 6.45) is -5.56. The molecule has 2 heterocycles. The smallest absolute Gasteiger partial charge is 0.248 e. The Morgan fingerprint density at radius 2 is 1.73 bits per heavy atom. The van der Waals surface area contributed by atoms with E-state index in [1.807, 2.05) is 24.3 Å². The number of rotatable bonds is 6. The van der Waals surface area contributed by atoms with Crippen LogP contribution in [0.15, 0.2) is 54.6 Å². The molecule has 0 radical (unpaired) electrons. The molecule has 1 aromatic heterocycles. The maximum absolute atomic E-state index is 11.3. The van der Waals surface area contributed by atoms with Gasteiger partial charge >= 0.3 is 0 Å². The van der Waals surface area contributed by atoms with Crippen molar-refractivity contribution in [3.63, 3.8) is 0 Å². The quantitative estimate of drug-likeness (QED) is 0.361. The molecule has 0 spiro atoms. The number of aliphatic hydroxyl groups excluding tert-OH is 4. The lowest BCUT2D eigenvalue weighted by Crippen LogP contribution is -2.55. The Balaban J connectivity index is 1.55. The van der Waals surface area contributed by atoms with Gasteiger partial charge in [-0.1, -0.05) is 35.9 Å². The standard InChI is InChI=1S/C24H24ClNO6S/c25-17-7-5-14(23-22(30)21(29)20(28)18(11-27)32-23)9-15(17)10-16-6-8-19(33-16)12-1-3-13(4-2-12)24(26)31/h1-9,18,20-23,27-30H,10-11H2,(H2,26,31)/t18-,20-,21+,22-,23+/m1/s1. The van der Waals surface area contributed by atoms with Gasteiger partial charge in [-0.15, -0.1) is 11.3 Å². The van der Waals surface area contributed by atoms with E-state index in [9.17, 15) is 25.2 Å². The maximum atomic E-state index is 11.3. The first kappa shape index (κ1) is 23.8. The van der Waals surface area contributed by atoms with Gasteiger partial charge in [-0.25, -0.2) is 0 Å². The second kappa shape index (κ2) is 9.90. The first-order chi connectivity index (χ1) is 15.8. The summed E-state index contributed by atoms with van der Waals surface area (Å²) in [5.74, 6) is -0.470. The molecule has 33 heavy (non-hydrogen) atoms. The van der Waals surface area contributed by atoms with Gasteiger partial charge in [0.25, 0.3) is 0 Å². The Morgan fingerprint density at radius 1 is 1.00 bits per heavy atom. The molecule has 9 heteroatoms. The zero-order valence-electron chi connectivity index (χ0n) is 17.5. The lowest BCUT2D eigenvalue weighted by Gasteiger charge is -2.40. The van der Waals surface area contributed by atoms with Crippen molar-refractivity contribution in [1.29, 1.82) is 0 Å². The molecule has 6 N–H and O–H groups in total. The van der Waals surface area contributed by atoms with E-state index in [0.717, 1.165) is 20.9 Å². The van der Waals surface area contributed by atoms with Crippen molar-refractivity contribution >= 4 is 28.8 Å². The molecular formula is C24H24ClNO6S. The van der Waals surface area contributed by atoms with Crippen molar-refractivity contribution in [2.75, 3.05) is 6.61 Å². The molecule has 1 saturated heterocycles. The predicted molar refractivity (Wildman–Crippen MR) is 125 cm³/mol. The molecule has 1 aliphatic rings. The molecule has 0 bridgehead atoms. The van der Waals surface area contributed by atoms with Crippen LogP contribution >= 0.6 is 22.9 Å². The van der Waals surface area contributed by atoms with Crippen LogP contribution in [0.4, 0.5) is 0 Å². The lowest BCUT2D eigenvalue weighted by molar-refractivity contribution is -0.231. The van der Waals surface area contributed by atoms with E-state index >= 15 is 0 Å². The Morgan fingerprint density at radius 3 is 2.39 bits per heavy atom. The van der Waals surface area contributed by atoms with Crippen LogP contribution in [0, 0.1) is 0 Å². The highest BCUT2D eigenvalue weighted by molar-refractivity contribution is 7.15. The van der Waals surface area contributed by atoms with Crippen molar-refractivity contribution < 1.29 is 30.0 Å². The molecule has 174 valence electrons. The van der Waals surface area contributed by atoms with Crippen LogP contribution < -0.4 is 5.73 Å². The van der Waals surface area contributed by atoms with Crippen LogP contribution in [0.2, 0.25) is 5.02 Å². The average molecular weight is 490 g/mol. The van der Waals surface area contributed by atoms with Crippen LogP contribution in [0.3, 0.4) is 0 Å². The van der Waals surface area contributed by atoms with Gasteiger partial charge in [-0.05, 0) is 47.0 Å². The van der Waals surface area contributed by atoms with Crippen molar-refractivity contribution in [2.24, 2.45) is 5.73 Å². The van der Waals surface area contributed by atoms with Gasteiger partial charge in [0, 0.05) is 26.8 Å². The second-order valence-electron chi connectivity index (χ2n) is 7.98. The van der Waals surface area contributed by atoms with Gasteiger partial charge < -0.3 is 30.9 Å². The number of nitrogens with two attached hydrogens (primary N) is 1. The maximum Gasteiger partial charge on any atom is 0.248 e. The highest BCUT2D eigenvalue weighted by atomic mass is 35.5. The summed E-state index contributed by atoms with van der Waals surface area (Å²) in [5.41, 5.74) is 8.12. The van der Waals surface area contributed by atoms with Gasteiger partial charge in [-0.2, -0.15) is 0 Å². The Kier molecular flexibility index (Phi) is 7.16. The number of carbonyl (C=O) groups excluding carboxylic acids is 1. The third-order valence-corrected chi connectivity index (χ3v) is 7.27. The van der Waals surface area contributed by atoms with E-state index < -0.39 is 43.0 Å². The summed E-state index contributed by atoms with van der Waals surface area (Å²) in [6, 6.07) is 16.3. The average Bonchev–Trinajstić information content (AvgIpc) is 3.28. The number of aliphatic hydroxyl groups is 4. The lowest BCUT2D eigenvalue weighted by atomic mass is 9.90. The molecular weight excluding hydrogens is 466 g/mol. The van der Waals surface area contributed by atoms with Gasteiger partial charge in [0.1, 0.15) is 30.5 Å². The number of carbonyl (C=O) groups is 1. The van der Waals surface area contributed by atoms with Crippen molar-refractivity contribution in [3.8, 4) is 10.4 Å². The highest BCUT2D eigenvalue weighted by Crippen LogP contribution is 2.36. The number of benzene rings is 2. The first-order valence-electron chi connectivity index (χ1n) is 10.4. The topological polar surface area (TPSA) is 133 Å². The third kappa shape index (κ3) is 4.97. The van der Waals surface area contributed by atoms with Crippen molar-refractivity contribution in [3.05, 3.63) is 81.2 Å². The zero-order valence-corrected chi connectivity index (χ0v) is 19.0. The minimum Gasteiger partial charge on any atom is -0.394 e. The summed E-state index contributed by atoms with van der Waals surface area (Å²) in [4.78, 5) is 13.4. The molecule has 4 rings (SSSR count). The minimum atomic E-state index is -1.44. The summed E-state index contributed by atoms with van der Waals surface area (Å²) in [5, 5.41) is 40.5. The molecule has 2 aromatic carbocycles. The van der Waals surface area contributed by atoms with Crippen LogP contribution in [-0.4, -0.2) is 57.4 Å². The fraction of sp³-hybridized carbons (Fsp3) is 0.292. The molecule has 0 unspecified atom stereocenters. The number of hydrogen-bond acceptors (Lipinski definition) is 7. The number of primary amides is 1. The van der Waals surface area contributed by atoms with E-state index in [-0.39, 0.29) is 0 Å². The van der Waals surface area contributed by atoms with Crippen molar-refractivity contribution in [2.45, 2.75) is 36.9 Å². The summed E-state index contributed by atoms with van der Waals surface area (Å²) in [6.45, 7) is -0.486. The Labute approximate surface area is 199 Å². The normalized spacial score (nSPS) is 25.2. The van der Waals surface area contributed by atoms with E-state index in [1.165, 1.54) is 0 Å². The third-order valence-electron chi connectivity index (χ3n) is 5.77. The molecule has 1 amide bonds. The summed E-state index contributed by atoms with van der Waals surface area (Å²) in [7, 11) is 0. The van der Waals surface area contributed by atoms with Gasteiger partial charge in [-0.3, -0.25) is 4.79 Å². The number of ether oxygens (including phenoxy) is 1. The zero-order chi connectivity index (χ0) is 23.7. The second-order valence-corrected chi connectivity index (χ2v) is 9.56. The molecule has 0 saturated carbocycles. The molecule has 1 fully saturated rings. The van der Waals surface area contributed by atoms with Gasteiger partial charge in [0.05, 0.1) is 6.61 Å². The fourth-order valence-electron chi connectivity index (χ4n) is 3.90. The van der Waals surface area contributed by atoms with Gasteiger partial charge in [0.15, 0.2) is 0 Å². The SMILES string of the molecule is NC(=O)c1ccc(-c2ccc(Cc3cc([C@@H]4O[C@H](CO)[C@@H](O)[C@H](O)[C@H]4O)ccc3Cl)s2)cc1. The predicted octanol–water partition coefficient (Wildman–Crippen LogP) is 2.27. The highest BCUT2D eigenvalue weighted by Gasteiger charge is 2.44. The van der Waals surface area contributed by atoms with E-state index in [4.69, 9.17) is 22.1 Å². The fourth-order valence-corrected chi connectivity index (χ4v) is 5.12. The summed E-state index contributed by atoms with van der Waals surface area (Å²) >= 11 is 8.02. The van der Waals surface area contributed by atoms with Crippen LogP contribution in [0.25, 0.3) is 10.4 Å².